The van der Waals surface area contributed by atoms with Crippen LogP contribution in [0.4, 0.5) is 0 Å². The predicted octanol–water partition coefficient (Wildman–Crippen LogP) is 2.17. The fourth-order valence-corrected chi connectivity index (χ4v) is 3.06. The Labute approximate surface area is 107 Å². The van der Waals surface area contributed by atoms with E-state index in [2.05, 4.69) is 0 Å². The summed E-state index contributed by atoms with van der Waals surface area (Å²) in [6.45, 7) is 7.44. The molecule has 0 amide bonds. The summed E-state index contributed by atoms with van der Waals surface area (Å²) in [5.41, 5.74) is 1.71. The van der Waals surface area contributed by atoms with Crippen molar-refractivity contribution in [1.29, 1.82) is 0 Å². The Morgan fingerprint density at radius 3 is 2.28 bits per heavy atom. The van der Waals surface area contributed by atoms with Crippen LogP contribution in [0.3, 0.4) is 0 Å². The van der Waals surface area contributed by atoms with E-state index in [0.29, 0.717) is 0 Å². The van der Waals surface area contributed by atoms with E-state index in [4.69, 9.17) is 0 Å². The number of hydrogen-bond donors (Lipinski definition) is 0. The topological polar surface area (TPSA) is 44.0 Å². The Hall–Kier alpha value is -1.28. The lowest BCUT2D eigenvalue weighted by Crippen LogP contribution is -2.23. The van der Waals surface area contributed by atoms with Crippen molar-refractivity contribution in [3.63, 3.8) is 0 Å². The van der Waals surface area contributed by atoms with Crippen molar-refractivity contribution in [2.24, 2.45) is 7.05 Å². The molecule has 4 nitrogen and oxygen atoms in total. The number of benzene rings is 1. The smallest absolute Gasteiger partial charge is 0.319 e. The molecule has 0 N–H and O–H groups in total. The van der Waals surface area contributed by atoms with E-state index in [1.165, 1.54) is 0 Å². The lowest BCUT2D eigenvalue weighted by Gasteiger charge is -2.10. The number of hydrogen-bond acceptors (Lipinski definition) is 2. The van der Waals surface area contributed by atoms with Gasteiger partial charge in [0.2, 0.25) is 0 Å². The first-order chi connectivity index (χ1) is 8.23. The van der Waals surface area contributed by atoms with Gasteiger partial charge in [-0.2, -0.15) is 0 Å². The molecule has 0 aliphatic carbocycles. The highest BCUT2D eigenvalue weighted by Crippen LogP contribution is 2.35. The van der Waals surface area contributed by atoms with E-state index >= 15 is 0 Å². The number of rotatable bonds is 2. The second kappa shape index (κ2) is 4.13. The van der Waals surface area contributed by atoms with Crippen molar-refractivity contribution < 1.29 is 4.57 Å². The molecule has 2 rings (SSSR count). The lowest BCUT2D eigenvalue weighted by molar-refractivity contribution is 0.582. The molecule has 0 aliphatic heterocycles. The molecule has 1 aromatic carbocycles. The second-order valence-electron chi connectivity index (χ2n) is 5.33. The molecule has 0 aliphatic rings. The maximum atomic E-state index is 12.1. The summed E-state index contributed by atoms with van der Waals surface area (Å²) in [7, 11) is -0.538. The van der Waals surface area contributed by atoms with E-state index in [9.17, 15) is 9.36 Å². The van der Waals surface area contributed by atoms with E-state index in [-0.39, 0.29) is 11.7 Å². The zero-order valence-electron chi connectivity index (χ0n) is 11.5. The Bertz CT molecular complexity index is 704. The third-order valence-corrected chi connectivity index (χ3v) is 4.73. The van der Waals surface area contributed by atoms with Gasteiger partial charge in [0.15, 0.2) is 0 Å². The predicted molar refractivity (Wildman–Crippen MR) is 76.7 cm³/mol. The van der Waals surface area contributed by atoms with Crippen LogP contribution in [0.1, 0.15) is 19.9 Å². The van der Waals surface area contributed by atoms with E-state index in [1.807, 2.05) is 32.0 Å². The van der Waals surface area contributed by atoms with Crippen LogP contribution in [-0.4, -0.2) is 22.5 Å². The first-order valence-electron chi connectivity index (χ1n) is 6.00. The van der Waals surface area contributed by atoms with Crippen LogP contribution >= 0.6 is 7.14 Å². The molecule has 5 heteroatoms. The van der Waals surface area contributed by atoms with Crippen LogP contribution in [0.2, 0.25) is 0 Å². The van der Waals surface area contributed by atoms with Crippen molar-refractivity contribution in [3.8, 4) is 0 Å². The summed E-state index contributed by atoms with van der Waals surface area (Å²) in [5.74, 6) is 0. The highest BCUT2D eigenvalue weighted by atomic mass is 31.2. The number of fused-ring (bicyclic) bond motifs is 1. The Balaban J connectivity index is 2.88. The number of nitrogens with zero attached hydrogens (tertiary/aromatic N) is 2. The van der Waals surface area contributed by atoms with Crippen molar-refractivity contribution in [3.05, 3.63) is 28.7 Å². The number of aryl methyl sites for hydroxylation is 1. The largest absolute Gasteiger partial charge is 0.329 e. The molecule has 0 spiro atoms. The molecule has 0 saturated heterocycles. The lowest BCUT2D eigenvalue weighted by atomic mass is 10.3. The van der Waals surface area contributed by atoms with Crippen molar-refractivity contribution in [2.45, 2.75) is 19.9 Å². The minimum atomic E-state index is -2.30. The van der Waals surface area contributed by atoms with Gasteiger partial charge in [-0.15, -0.1) is 0 Å². The summed E-state index contributed by atoms with van der Waals surface area (Å²) in [6, 6.07) is 5.71. The molecule has 1 aromatic heterocycles. The molecule has 1 heterocycles. The molecule has 0 unspecified atom stereocenters. The second-order valence-corrected chi connectivity index (χ2v) is 8.55. The van der Waals surface area contributed by atoms with Gasteiger partial charge in [0, 0.05) is 18.4 Å². The first-order valence-corrected chi connectivity index (χ1v) is 8.60. The highest BCUT2D eigenvalue weighted by molar-refractivity contribution is 7.70. The van der Waals surface area contributed by atoms with Gasteiger partial charge in [0.1, 0.15) is 7.14 Å². The molecule has 0 bridgehead atoms. The summed E-state index contributed by atoms with van der Waals surface area (Å²) < 4.78 is 15.5. The normalized spacial score (nSPS) is 12.6. The zero-order valence-corrected chi connectivity index (χ0v) is 12.4. The van der Waals surface area contributed by atoms with E-state index in [0.717, 1.165) is 16.3 Å². The summed E-state index contributed by atoms with van der Waals surface area (Å²) in [5, 5.41) is 0.815. The first kappa shape index (κ1) is 13.2. The molecule has 0 radical (unpaired) electrons. The number of aromatic nitrogens is 2. The summed E-state index contributed by atoms with van der Waals surface area (Å²) in [4.78, 5) is 12.1. The SMILES string of the molecule is CC(C)n1c(=O)n(C)c2ccc(P(C)(C)=O)cc21. The van der Waals surface area contributed by atoms with E-state index < -0.39 is 7.14 Å². The molecule has 2 aromatic rings. The maximum absolute atomic E-state index is 12.1. The van der Waals surface area contributed by atoms with Gasteiger partial charge in [-0.25, -0.2) is 4.79 Å². The molecule has 98 valence electrons. The fraction of sp³-hybridized carbons (Fsp3) is 0.462. The highest BCUT2D eigenvalue weighted by Gasteiger charge is 2.17. The maximum Gasteiger partial charge on any atom is 0.329 e. The van der Waals surface area contributed by atoms with Crippen molar-refractivity contribution in [2.75, 3.05) is 13.3 Å². The average Bonchev–Trinajstić information content (AvgIpc) is 2.50. The minimum absolute atomic E-state index is 0.0285. The quantitative estimate of drug-likeness (QED) is 0.782. The van der Waals surface area contributed by atoms with E-state index in [1.54, 1.807) is 29.5 Å². The van der Waals surface area contributed by atoms with Gasteiger partial charge in [-0.1, -0.05) is 0 Å². The molecule has 0 saturated carbocycles. The summed E-state index contributed by atoms with van der Waals surface area (Å²) >= 11 is 0. The Morgan fingerprint density at radius 2 is 1.78 bits per heavy atom. The fourth-order valence-electron chi connectivity index (χ4n) is 2.19. The monoisotopic (exact) mass is 266 g/mol. The van der Waals surface area contributed by atoms with Crippen LogP contribution in [0, 0.1) is 0 Å². The van der Waals surface area contributed by atoms with Gasteiger partial charge in [-0.3, -0.25) is 9.13 Å². The van der Waals surface area contributed by atoms with Crippen LogP contribution in [-0.2, 0) is 11.6 Å². The van der Waals surface area contributed by atoms with Gasteiger partial charge in [-0.05, 0) is 45.4 Å². The summed E-state index contributed by atoms with van der Waals surface area (Å²) in [6.07, 6.45) is 0. The zero-order chi connectivity index (χ0) is 13.7. The third-order valence-electron chi connectivity index (χ3n) is 3.21. The standard InChI is InChI=1S/C13H19N2O2P/c1-9(2)15-12-8-10(18(4,5)17)6-7-11(12)14(3)13(15)16/h6-9H,1-5H3. The van der Waals surface area contributed by atoms with Gasteiger partial charge in [0.25, 0.3) is 0 Å². The van der Waals surface area contributed by atoms with Crippen molar-refractivity contribution >= 4 is 23.5 Å². The molecular formula is C13H19N2O2P. The minimum Gasteiger partial charge on any atom is -0.319 e. The number of imidazole rings is 1. The molecule has 18 heavy (non-hydrogen) atoms. The molecule has 0 atom stereocenters. The molecule has 0 fully saturated rings. The average molecular weight is 266 g/mol. The van der Waals surface area contributed by atoms with Gasteiger partial charge in [0.05, 0.1) is 11.0 Å². The van der Waals surface area contributed by atoms with Crippen LogP contribution < -0.4 is 11.0 Å². The van der Waals surface area contributed by atoms with Crippen LogP contribution in [0.15, 0.2) is 23.0 Å². The van der Waals surface area contributed by atoms with Gasteiger partial charge < -0.3 is 4.57 Å². The third kappa shape index (κ3) is 1.95. The van der Waals surface area contributed by atoms with Crippen LogP contribution in [0.25, 0.3) is 11.0 Å². The Morgan fingerprint density at radius 1 is 1.17 bits per heavy atom. The molecular weight excluding hydrogens is 247 g/mol. The Kier molecular flexibility index (Phi) is 3.02. The van der Waals surface area contributed by atoms with Crippen molar-refractivity contribution in [1.82, 2.24) is 9.13 Å². The van der Waals surface area contributed by atoms with Crippen LogP contribution in [0.5, 0.6) is 0 Å². The van der Waals surface area contributed by atoms with Gasteiger partial charge >= 0.3 is 5.69 Å².